The van der Waals surface area contributed by atoms with Gasteiger partial charge in [0, 0.05) is 0 Å². The smallest absolute Gasteiger partial charge is 0.410 e. The first-order valence-electron chi connectivity index (χ1n) is 4.51. The van der Waals surface area contributed by atoms with Crippen molar-refractivity contribution >= 4 is 6.09 Å². The third-order valence-electron chi connectivity index (χ3n) is 2.53. The molecule has 1 amide bonds. The topological polar surface area (TPSA) is 29.3 Å². The van der Waals surface area contributed by atoms with Crippen LogP contribution in [0.15, 0.2) is 0 Å². The van der Waals surface area contributed by atoms with Crippen molar-refractivity contribution in [2.24, 2.45) is 0 Å². The molecule has 1 fully saturated rings. The summed E-state index contributed by atoms with van der Waals surface area (Å²) in [5.41, 5.74) is 0.0149. The highest BCUT2D eigenvalue weighted by atomic mass is 16.6. The lowest BCUT2D eigenvalue weighted by Gasteiger charge is -2.05. The van der Waals surface area contributed by atoms with Crippen LogP contribution in [0.3, 0.4) is 0 Å². The number of hydrogen-bond acceptors (Lipinski definition) is 2. The van der Waals surface area contributed by atoms with E-state index >= 15 is 0 Å². The molecule has 0 radical (unpaired) electrons. The molecule has 1 heterocycles. The van der Waals surface area contributed by atoms with Crippen molar-refractivity contribution < 1.29 is 9.53 Å². The number of carbonyl (C=O) groups excluding carboxylic acids is 1. The van der Waals surface area contributed by atoms with Gasteiger partial charge >= 0.3 is 6.09 Å². The Morgan fingerprint density at radius 1 is 1.50 bits per heavy atom. The van der Waals surface area contributed by atoms with Crippen molar-refractivity contribution in [3.8, 4) is 0 Å². The quantitative estimate of drug-likeness (QED) is 0.595. The van der Waals surface area contributed by atoms with Crippen LogP contribution < -0.4 is 0 Å². The van der Waals surface area contributed by atoms with E-state index in [9.17, 15) is 4.79 Å². The summed E-state index contributed by atoms with van der Waals surface area (Å²) in [6.07, 6.45) is 0.834. The standard InChI is InChI=1S/C9H17NO2/c1-5-7-9(3,4)10(7)8(11)12-6-2/h7H,5-6H2,1-4H3. The van der Waals surface area contributed by atoms with Gasteiger partial charge in [-0.25, -0.2) is 4.79 Å². The van der Waals surface area contributed by atoms with Gasteiger partial charge in [0.1, 0.15) is 0 Å². The highest BCUT2D eigenvalue weighted by molar-refractivity contribution is 5.73. The second-order valence-corrected chi connectivity index (χ2v) is 3.65. The first-order valence-corrected chi connectivity index (χ1v) is 4.51. The Labute approximate surface area is 73.7 Å². The zero-order valence-corrected chi connectivity index (χ0v) is 8.26. The van der Waals surface area contributed by atoms with Crippen molar-refractivity contribution in [2.45, 2.75) is 45.7 Å². The second-order valence-electron chi connectivity index (χ2n) is 3.65. The molecule has 0 aromatic carbocycles. The number of amides is 1. The Morgan fingerprint density at radius 3 is 2.42 bits per heavy atom. The third-order valence-corrected chi connectivity index (χ3v) is 2.53. The summed E-state index contributed by atoms with van der Waals surface area (Å²) >= 11 is 0. The highest BCUT2D eigenvalue weighted by Gasteiger charge is 2.57. The van der Waals surface area contributed by atoms with Gasteiger partial charge in [0.05, 0.1) is 18.2 Å². The van der Waals surface area contributed by atoms with Crippen LogP contribution in [0.2, 0.25) is 0 Å². The van der Waals surface area contributed by atoms with Crippen LogP contribution >= 0.6 is 0 Å². The lowest BCUT2D eigenvalue weighted by atomic mass is 10.1. The number of hydrogen-bond donors (Lipinski definition) is 0. The Bertz CT molecular complexity index is 189. The summed E-state index contributed by atoms with van der Waals surface area (Å²) in [6, 6.07) is 0.372. The molecular weight excluding hydrogens is 154 g/mol. The molecule has 0 aromatic heterocycles. The van der Waals surface area contributed by atoms with E-state index in [1.165, 1.54) is 0 Å². The van der Waals surface area contributed by atoms with E-state index in [1.54, 1.807) is 4.90 Å². The van der Waals surface area contributed by atoms with Crippen molar-refractivity contribution in [3.05, 3.63) is 0 Å². The Hall–Kier alpha value is -0.730. The van der Waals surface area contributed by atoms with E-state index < -0.39 is 0 Å². The zero-order chi connectivity index (χ0) is 9.35. The van der Waals surface area contributed by atoms with Gasteiger partial charge in [-0.1, -0.05) is 6.92 Å². The van der Waals surface area contributed by atoms with Crippen LogP contribution in [0.25, 0.3) is 0 Å². The largest absolute Gasteiger partial charge is 0.450 e. The van der Waals surface area contributed by atoms with Crippen molar-refractivity contribution in [1.29, 1.82) is 0 Å². The average Bonchev–Trinajstić information content (AvgIpc) is 2.53. The van der Waals surface area contributed by atoms with Gasteiger partial charge in [0.25, 0.3) is 0 Å². The Morgan fingerprint density at radius 2 is 2.08 bits per heavy atom. The zero-order valence-electron chi connectivity index (χ0n) is 8.26. The minimum Gasteiger partial charge on any atom is -0.450 e. The summed E-state index contributed by atoms with van der Waals surface area (Å²) in [4.78, 5) is 13.1. The fraction of sp³-hybridized carbons (Fsp3) is 0.889. The van der Waals surface area contributed by atoms with Gasteiger partial charge in [-0.2, -0.15) is 0 Å². The molecule has 1 atom stereocenters. The maximum atomic E-state index is 11.3. The third kappa shape index (κ3) is 1.28. The van der Waals surface area contributed by atoms with Crippen molar-refractivity contribution in [1.82, 2.24) is 4.90 Å². The van der Waals surface area contributed by atoms with Gasteiger partial charge in [-0.15, -0.1) is 0 Å². The molecule has 1 aliphatic rings. The average molecular weight is 171 g/mol. The SMILES string of the molecule is CCOC(=O)N1C(CC)C1(C)C. The molecule has 0 saturated carbocycles. The van der Waals surface area contributed by atoms with Gasteiger partial charge in [0.15, 0.2) is 0 Å². The van der Waals surface area contributed by atoms with E-state index in [0.717, 1.165) is 6.42 Å². The van der Waals surface area contributed by atoms with E-state index in [0.29, 0.717) is 12.6 Å². The maximum absolute atomic E-state index is 11.3. The van der Waals surface area contributed by atoms with E-state index in [1.807, 2.05) is 6.92 Å². The Balaban J connectivity index is 2.51. The van der Waals surface area contributed by atoms with E-state index in [2.05, 4.69) is 20.8 Å². The predicted octanol–water partition coefficient (Wildman–Crippen LogP) is 2.02. The predicted molar refractivity (Wildman–Crippen MR) is 47.0 cm³/mol. The molecule has 70 valence electrons. The Kier molecular flexibility index (Phi) is 2.31. The normalized spacial score (nSPS) is 25.3. The van der Waals surface area contributed by atoms with E-state index in [4.69, 9.17) is 4.74 Å². The summed E-state index contributed by atoms with van der Waals surface area (Å²) in [6.45, 7) is 8.51. The lowest BCUT2D eigenvalue weighted by Crippen LogP contribution is -2.19. The second kappa shape index (κ2) is 2.96. The number of nitrogens with zero attached hydrogens (tertiary/aromatic N) is 1. The van der Waals surface area contributed by atoms with Gasteiger partial charge < -0.3 is 4.74 Å². The summed E-state index contributed by atoms with van der Waals surface area (Å²) in [7, 11) is 0. The molecule has 0 aromatic rings. The fourth-order valence-electron chi connectivity index (χ4n) is 1.81. The minimum absolute atomic E-state index is 0.0149. The van der Waals surface area contributed by atoms with E-state index in [-0.39, 0.29) is 11.6 Å². The highest BCUT2D eigenvalue weighted by Crippen LogP contribution is 2.42. The molecule has 0 spiro atoms. The van der Waals surface area contributed by atoms with Crippen molar-refractivity contribution in [3.63, 3.8) is 0 Å². The van der Waals surface area contributed by atoms with Crippen LogP contribution in [0.1, 0.15) is 34.1 Å². The molecule has 0 bridgehead atoms. The van der Waals surface area contributed by atoms with Crippen LogP contribution in [0.4, 0.5) is 4.79 Å². The maximum Gasteiger partial charge on any atom is 0.410 e. The van der Waals surface area contributed by atoms with Gasteiger partial charge in [-0.3, -0.25) is 4.90 Å². The molecule has 12 heavy (non-hydrogen) atoms. The first-order chi connectivity index (χ1) is 5.55. The molecule has 1 unspecified atom stereocenters. The molecule has 0 N–H and O–H groups in total. The lowest BCUT2D eigenvalue weighted by molar-refractivity contribution is 0.129. The molecule has 3 heteroatoms. The summed E-state index contributed by atoms with van der Waals surface area (Å²) in [5, 5.41) is 0. The molecule has 3 nitrogen and oxygen atoms in total. The minimum atomic E-state index is -0.172. The molecular formula is C9H17NO2. The van der Waals surface area contributed by atoms with Crippen molar-refractivity contribution in [2.75, 3.05) is 6.61 Å². The molecule has 1 rings (SSSR count). The van der Waals surface area contributed by atoms with Crippen LogP contribution in [-0.2, 0) is 4.74 Å². The fourth-order valence-corrected chi connectivity index (χ4v) is 1.81. The van der Waals surface area contributed by atoms with Crippen LogP contribution in [0.5, 0.6) is 0 Å². The van der Waals surface area contributed by atoms with Gasteiger partial charge in [0.2, 0.25) is 0 Å². The summed E-state index contributed by atoms with van der Waals surface area (Å²) < 4.78 is 4.92. The monoisotopic (exact) mass is 171 g/mol. The summed E-state index contributed by atoms with van der Waals surface area (Å²) in [5.74, 6) is 0. The van der Waals surface area contributed by atoms with Crippen LogP contribution in [-0.4, -0.2) is 29.2 Å². The molecule has 1 aliphatic heterocycles. The first kappa shape index (κ1) is 9.36. The van der Waals surface area contributed by atoms with Crippen LogP contribution in [0, 0.1) is 0 Å². The molecule has 1 saturated heterocycles. The number of rotatable bonds is 2. The number of ether oxygens (including phenoxy) is 1. The number of carbonyl (C=O) groups is 1. The molecule has 0 aliphatic carbocycles. The van der Waals surface area contributed by atoms with Gasteiger partial charge in [-0.05, 0) is 27.2 Å².